The number of hydrogen-bond acceptors (Lipinski definition) is 4. The van der Waals surface area contributed by atoms with Crippen LogP contribution in [0.5, 0.6) is 0 Å². The van der Waals surface area contributed by atoms with Crippen molar-refractivity contribution < 1.29 is 9.59 Å². The van der Waals surface area contributed by atoms with Crippen LogP contribution in [0.25, 0.3) is 0 Å². The number of piperidine rings is 2. The standard InChI is InChI=1S/C18H24N4O2/c1-21-9-14-11-22(8-7-13-5-3-2-4-6-13)12-15(10-21)18(14)16(23)19-17(24)20-18/h2-6,14-15H,7-12H2,1H3,(H2,19,20,23,24). The molecule has 3 aliphatic rings. The number of hydrogen-bond donors (Lipinski definition) is 2. The summed E-state index contributed by atoms with van der Waals surface area (Å²) in [6.45, 7) is 4.37. The summed E-state index contributed by atoms with van der Waals surface area (Å²) >= 11 is 0. The van der Waals surface area contributed by atoms with Gasteiger partial charge in [-0.2, -0.15) is 0 Å². The van der Waals surface area contributed by atoms with E-state index in [4.69, 9.17) is 0 Å². The normalized spacial score (nSPS) is 33.5. The van der Waals surface area contributed by atoms with Crippen LogP contribution in [0.1, 0.15) is 5.56 Å². The maximum absolute atomic E-state index is 12.5. The molecule has 128 valence electrons. The summed E-state index contributed by atoms with van der Waals surface area (Å²) in [5.41, 5.74) is 0.638. The van der Waals surface area contributed by atoms with Crippen molar-refractivity contribution >= 4 is 11.9 Å². The second-order valence-corrected chi connectivity index (χ2v) is 7.39. The second-order valence-electron chi connectivity index (χ2n) is 7.39. The molecule has 2 N–H and O–H groups in total. The third-order valence-corrected chi connectivity index (χ3v) is 5.79. The highest BCUT2D eigenvalue weighted by Gasteiger charge is 2.61. The van der Waals surface area contributed by atoms with Crippen LogP contribution in [0.3, 0.4) is 0 Å². The monoisotopic (exact) mass is 328 g/mol. The second kappa shape index (κ2) is 5.86. The summed E-state index contributed by atoms with van der Waals surface area (Å²) in [6.07, 6.45) is 1.02. The first-order valence-electron chi connectivity index (χ1n) is 8.66. The Kier molecular flexibility index (Phi) is 3.81. The number of nitrogens with zero attached hydrogens (tertiary/aromatic N) is 2. The molecule has 1 aromatic carbocycles. The summed E-state index contributed by atoms with van der Waals surface area (Å²) in [6, 6.07) is 10.2. The van der Waals surface area contributed by atoms with E-state index in [2.05, 4.69) is 51.7 Å². The lowest BCUT2D eigenvalue weighted by atomic mass is 9.67. The number of carbonyl (C=O) groups is 2. The molecule has 3 heterocycles. The molecule has 3 fully saturated rings. The number of carbonyl (C=O) groups excluding carboxylic acids is 2. The number of amides is 3. The summed E-state index contributed by atoms with van der Waals surface area (Å²) in [5.74, 6) is 0.146. The van der Waals surface area contributed by atoms with Crippen LogP contribution in [0.4, 0.5) is 4.79 Å². The fourth-order valence-electron chi connectivity index (χ4n) is 4.72. The van der Waals surface area contributed by atoms with E-state index in [1.807, 2.05) is 6.07 Å². The van der Waals surface area contributed by atoms with E-state index in [-0.39, 0.29) is 23.8 Å². The lowest BCUT2D eigenvalue weighted by Gasteiger charge is -2.54. The Hall–Kier alpha value is -1.92. The van der Waals surface area contributed by atoms with Gasteiger partial charge in [0.25, 0.3) is 5.91 Å². The Labute approximate surface area is 142 Å². The molecule has 0 aromatic heterocycles. The summed E-state index contributed by atoms with van der Waals surface area (Å²) in [4.78, 5) is 29.0. The van der Waals surface area contributed by atoms with Gasteiger partial charge >= 0.3 is 6.03 Å². The molecule has 4 rings (SSSR count). The first-order valence-corrected chi connectivity index (χ1v) is 8.66. The Balaban J connectivity index is 1.50. The van der Waals surface area contributed by atoms with Crippen LogP contribution in [-0.4, -0.2) is 67.0 Å². The van der Waals surface area contributed by atoms with Crippen molar-refractivity contribution in [1.29, 1.82) is 0 Å². The number of likely N-dealkylation sites (tertiary alicyclic amines) is 2. The highest BCUT2D eigenvalue weighted by molar-refractivity contribution is 6.07. The zero-order chi connectivity index (χ0) is 16.7. The van der Waals surface area contributed by atoms with E-state index >= 15 is 0 Å². The zero-order valence-electron chi connectivity index (χ0n) is 14.0. The minimum absolute atomic E-state index is 0.127. The van der Waals surface area contributed by atoms with Crippen LogP contribution in [0.15, 0.2) is 30.3 Å². The molecule has 2 unspecified atom stereocenters. The Morgan fingerprint density at radius 3 is 2.33 bits per heavy atom. The van der Waals surface area contributed by atoms with Crippen molar-refractivity contribution in [1.82, 2.24) is 20.4 Å². The molecule has 0 radical (unpaired) electrons. The molecule has 3 aliphatic heterocycles. The van der Waals surface area contributed by atoms with Gasteiger partial charge in [-0.3, -0.25) is 10.1 Å². The van der Waals surface area contributed by atoms with E-state index in [9.17, 15) is 9.59 Å². The first-order chi connectivity index (χ1) is 11.6. The highest BCUT2D eigenvalue weighted by atomic mass is 16.2. The van der Waals surface area contributed by atoms with Gasteiger partial charge in [0.1, 0.15) is 5.54 Å². The fraction of sp³-hybridized carbons (Fsp3) is 0.556. The van der Waals surface area contributed by atoms with Crippen LogP contribution < -0.4 is 10.6 Å². The van der Waals surface area contributed by atoms with Gasteiger partial charge in [-0.25, -0.2) is 4.79 Å². The predicted octanol–water partition coefficient (Wildman–Crippen LogP) is 0.301. The molecule has 1 aromatic rings. The molecule has 0 aliphatic carbocycles. The van der Waals surface area contributed by atoms with Gasteiger partial charge in [0.15, 0.2) is 0 Å². The predicted molar refractivity (Wildman–Crippen MR) is 90.5 cm³/mol. The zero-order valence-corrected chi connectivity index (χ0v) is 14.0. The van der Waals surface area contributed by atoms with Crippen molar-refractivity contribution in [3.05, 3.63) is 35.9 Å². The van der Waals surface area contributed by atoms with E-state index in [1.54, 1.807) is 0 Å². The summed E-state index contributed by atoms with van der Waals surface area (Å²) in [5, 5.41) is 5.45. The Morgan fingerprint density at radius 1 is 1.08 bits per heavy atom. The van der Waals surface area contributed by atoms with E-state index in [1.165, 1.54) is 5.56 Å². The number of imide groups is 1. The molecular weight excluding hydrogens is 304 g/mol. The smallest absolute Gasteiger partial charge is 0.322 e. The van der Waals surface area contributed by atoms with Crippen LogP contribution in [-0.2, 0) is 11.2 Å². The molecule has 3 amide bonds. The number of rotatable bonds is 3. The van der Waals surface area contributed by atoms with Crippen molar-refractivity contribution in [2.75, 3.05) is 39.8 Å². The molecule has 24 heavy (non-hydrogen) atoms. The Bertz CT molecular complexity index is 632. The number of urea groups is 1. The van der Waals surface area contributed by atoms with E-state index in [0.29, 0.717) is 0 Å². The third-order valence-electron chi connectivity index (χ3n) is 5.79. The third kappa shape index (κ3) is 2.50. The largest absolute Gasteiger partial charge is 0.322 e. The van der Waals surface area contributed by atoms with E-state index < -0.39 is 5.54 Å². The van der Waals surface area contributed by atoms with Gasteiger partial charge in [0.2, 0.25) is 0 Å². The molecule has 0 saturated carbocycles. The minimum Gasteiger partial charge on any atom is -0.322 e. The molecular formula is C18H24N4O2. The lowest BCUT2D eigenvalue weighted by Crippen LogP contribution is -2.73. The van der Waals surface area contributed by atoms with Crippen molar-refractivity contribution in [3.8, 4) is 0 Å². The molecule has 2 bridgehead atoms. The van der Waals surface area contributed by atoms with Gasteiger partial charge < -0.3 is 15.1 Å². The topological polar surface area (TPSA) is 64.7 Å². The maximum Gasteiger partial charge on any atom is 0.322 e. The van der Waals surface area contributed by atoms with Crippen molar-refractivity contribution in [3.63, 3.8) is 0 Å². The lowest BCUT2D eigenvalue weighted by molar-refractivity contribution is -0.136. The van der Waals surface area contributed by atoms with Crippen molar-refractivity contribution in [2.24, 2.45) is 11.8 Å². The van der Waals surface area contributed by atoms with Gasteiger partial charge in [-0.05, 0) is 19.0 Å². The average molecular weight is 328 g/mol. The van der Waals surface area contributed by atoms with Crippen LogP contribution in [0.2, 0.25) is 0 Å². The van der Waals surface area contributed by atoms with Gasteiger partial charge in [0, 0.05) is 44.6 Å². The number of nitrogens with one attached hydrogen (secondary N) is 2. The summed E-state index contributed by atoms with van der Waals surface area (Å²) < 4.78 is 0. The van der Waals surface area contributed by atoms with Crippen LogP contribution in [0, 0.1) is 11.8 Å². The van der Waals surface area contributed by atoms with Gasteiger partial charge in [-0.15, -0.1) is 0 Å². The molecule has 2 atom stereocenters. The molecule has 6 heteroatoms. The van der Waals surface area contributed by atoms with E-state index in [0.717, 1.165) is 39.1 Å². The van der Waals surface area contributed by atoms with Gasteiger partial charge in [-0.1, -0.05) is 30.3 Å². The maximum atomic E-state index is 12.5. The number of benzene rings is 1. The highest BCUT2D eigenvalue weighted by Crippen LogP contribution is 2.39. The molecule has 6 nitrogen and oxygen atoms in total. The quantitative estimate of drug-likeness (QED) is 0.784. The first kappa shape index (κ1) is 15.6. The van der Waals surface area contributed by atoms with Crippen molar-refractivity contribution in [2.45, 2.75) is 12.0 Å². The fourth-order valence-corrected chi connectivity index (χ4v) is 4.72. The Morgan fingerprint density at radius 2 is 1.75 bits per heavy atom. The SMILES string of the molecule is CN1CC2CN(CCc3ccccc3)CC(C1)C21NC(=O)NC1=O. The molecule has 1 spiro atoms. The molecule has 3 saturated heterocycles. The summed E-state index contributed by atoms with van der Waals surface area (Å²) in [7, 11) is 2.10. The minimum atomic E-state index is -0.702. The van der Waals surface area contributed by atoms with Crippen LogP contribution >= 0.6 is 0 Å². The van der Waals surface area contributed by atoms with Gasteiger partial charge in [0.05, 0.1) is 0 Å². The average Bonchev–Trinajstić information content (AvgIpc) is 2.83.